The topological polar surface area (TPSA) is 26.9 Å². The van der Waals surface area contributed by atoms with Gasteiger partial charge in [-0.2, -0.15) is 4.73 Å². The van der Waals surface area contributed by atoms with Crippen LogP contribution in [-0.4, -0.2) is 0 Å². The largest absolute Gasteiger partial charge is 0.618 e. The molecule has 1 heterocycles. The second-order valence-corrected chi connectivity index (χ2v) is 5.24. The highest BCUT2D eigenvalue weighted by molar-refractivity contribution is 6.22. The Bertz CT molecular complexity index is 726. The number of aromatic nitrogens is 1. The van der Waals surface area contributed by atoms with E-state index in [4.69, 9.17) is 11.6 Å². The zero-order valence-corrected chi connectivity index (χ0v) is 12.1. The molecule has 3 heteroatoms. The first-order valence-corrected chi connectivity index (χ1v) is 7.17. The maximum Gasteiger partial charge on any atom is 0.215 e. The van der Waals surface area contributed by atoms with Gasteiger partial charge in [-0.1, -0.05) is 54.6 Å². The molecule has 0 aliphatic heterocycles. The Hall–Kier alpha value is -2.32. The molecule has 0 saturated carbocycles. The van der Waals surface area contributed by atoms with Crippen LogP contribution in [0.3, 0.4) is 0 Å². The number of hydrogen-bond acceptors (Lipinski definition) is 1. The smallest absolute Gasteiger partial charge is 0.215 e. The molecule has 2 nitrogen and oxygen atoms in total. The van der Waals surface area contributed by atoms with Gasteiger partial charge in [0.2, 0.25) is 5.69 Å². The summed E-state index contributed by atoms with van der Waals surface area (Å²) in [4.78, 5) is 0. The second kappa shape index (κ2) is 5.98. The summed E-state index contributed by atoms with van der Waals surface area (Å²) in [6, 6.07) is 23.4. The average Bonchev–Trinajstić information content (AvgIpc) is 2.56. The Morgan fingerprint density at radius 2 is 1.38 bits per heavy atom. The van der Waals surface area contributed by atoms with E-state index in [1.807, 2.05) is 48.5 Å². The number of rotatable bonds is 3. The molecule has 1 atom stereocenters. The highest BCUT2D eigenvalue weighted by Crippen LogP contribution is 2.28. The van der Waals surface area contributed by atoms with E-state index in [9.17, 15) is 5.21 Å². The lowest BCUT2D eigenvalue weighted by Gasteiger charge is -2.11. The third-order valence-corrected chi connectivity index (χ3v) is 3.90. The zero-order valence-electron chi connectivity index (χ0n) is 11.3. The van der Waals surface area contributed by atoms with Gasteiger partial charge in [-0.15, -0.1) is 11.6 Å². The molecule has 0 aliphatic rings. The molecule has 0 amide bonds. The molecule has 0 fully saturated rings. The third-order valence-electron chi connectivity index (χ3n) is 3.42. The number of nitrogens with zero attached hydrogens (tertiary/aromatic N) is 1. The molecule has 0 radical (unpaired) electrons. The van der Waals surface area contributed by atoms with E-state index in [1.165, 1.54) is 6.20 Å². The summed E-state index contributed by atoms with van der Waals surface area (Å²) in [5.41, 5.74) is 3.74. The molecule has 0 aliphatic carbocycles. The van der Waals surface area contributed by atoms with Crippen LogP contribution in [0.2, 0.25) is 0 Å². The molecule has 0 bridgehead atoms. The summed E-state index contributed by atoms with van der Waals surface area (Å²) in [6.45, 7) is 0. The van der Waals surface area contributed by atoms with Crippen molar-refractivity contribution in [3.8, 4) is 11.1 Å². The fourth-order valence-corrected chi connectivity index (χ4v) is 2.60. The van der Waals surface area contributed by atoms with Crippen molar-refractivity contribution in [1.82, 2.24) is 0 Å². The normalized spacial score (nSPS) is 12.0. The molecule has 104 valence electrons. The lowest BCUT2D eigenvalue weighted by molar-refractivity contribution is -0.613. The fraction of sp³-hybridized carbons (Fsp3) is 0.0556. The van der Waals surface area contributed by atoms with Crippen molar-refractivity contribution in [2.24, 2.45) is 0 Å². The van der Waals surface area contributed by atoms with Crippen molar-refractivity contribution >= 4 is 11.6 Å². The van der Waals surface area contributed by atoms with Gasteiger partial charge in [0.05, 0.1) is 0 Å². The van der Waals surface area contributed by atoms with Crippen molar-refractivity contribution in [2.45, 2.75) is 5.38 Å². The predicted octanol–water partition coefficient (Wildman–Crippen LogP) is 4.32. The Morgan fingerprint density at radius 3 is 2.05 bits per heavy atom. The molecular weight excluding hydrogens is 282 g/mol. The zero-order chi connectivity index (χ0) is 14.7. The number of alkyl halides is 1. The first kappa shape index (κ1) is 13.7. The van der Waals surface area contributed by atoms with Crippen molar-refractivity contribution < 1.29 is 4.73 Å². The maximum absolute atomic E-state index is 11.8. The van der Waals surface area contributed by atoms with Crippen LogP contribution in [0.4, 0.5) is 0 Å². The molecule has 2 aromatic carbocycles. The summed E-state index contributed by atoms with van der Waals surface area (Å²) < 4.78 is 0.808. The first-order valence-electron chi connectivity index (χ1n) is 6.73. The number of pyridine rings is 1. The van der Waals surface area contributed by atoms with Gasteiger partial charge in [-0.05, 0) is 22.8 Å². The van der Waals surface area contributed by atoms with Crippen LogP contribution in [-0.2, 0) is 0 Å². The first-order chi connectivity index (χ1) is 10.3. The highest BCUT2D eigenvalue weighted by atomic mass is 35.5. The summed E-state index contributed by atoms with van der Waals surface area (Å²) in [5.74, 6) is 0. The van der Waals surface area contributed by atoms with Gasteiger partial charge in [0.15, 0.2) is 6.20 Å². The van der Waals surface area contributed by atoms with E-state index >= 15 is 0 Å². The lowest BCUT2D eigenvalue weighted by Crippen LogP contribution is -2.31. The quantitative estimate of drug-likeness (QED) is 0.402. The standard InChI is InChI=1S/C18H14ClNO/c19-18(17-8-4-5-13-20(17)21)16-11-9-15(10-12-16)14-6-2-1-3-7-14/h1-13,18H. The molecule has 1 unspecified atom stereocenters. The van der Waals surface area contributed by atoms with Gasteiger partial charge in [0.25, 0.3) is 0 Å². The fourth-order valence-electron chi connectivity index (χ4n) is 2.28. The Morgan fingerprint density at radius 1 is 0.762 bits per heavy atom. The Labute approximate surface area is 128 Å². The van der Waals surface area contributed by atoms with Crippen LogP contribution in [0.1, 0.15) is 16.6 Å². The van der Waals surface area contributed by atoms with Gasteiger partial charge in [0.1, 0.15) is 5.38 Å². The van der Waals surface area contributed by atoms with Crippen molar-refractivity contribution in [3.63, 3.8) is 0 Å². The molecule has 3 rings (SSSR count). The summed E-state index contributed by atoms with van der Waals surface area (Å²) in [5, 5.41) is 11.3. The number of hydrogen-bond donors (Lipinski definition) is 0. The minimum Gasteiger partial charge on any atom is -0.618 e. The van der Waals surface area contributed by atoms with Crippen molar-refractivity contribution in [1.29, 1.82) is 0 Å². The van der Waals surface area contributed by atoms with Crippen molar-refractivity contribution in [2.75, 3.05) is 0 Å². The van der Waals surface area contributed by atoms with E-state index in [0.29, 0.717) is 5.69 Å². The van der Waals surface area contributed by atoms with Crippen molar-refractivity contribution in [3.05, 3.63) is 95.5 Å². The Balaban J connectivity index is 1.89. The SMILES string of the molecule is [O-][n+]1ccccc1C(Cl)c1ccc(-c2ccccc2)cc1. The lowest BCUT2D eigenvalue weighted by atomic mass is 10.0. The summed E-state index contributed by atoms with van der Waals surface area (Å²) >= 11 is 6.41. The molecule has 3 aromatic rings. The molecular formula is C18H14ClNO. The van der Waals surface area contributed by atoms with Gasteiger partial charge in [-0.3, -0.25) is 0 Å². The summed E-state index contributed by atoms with van der Waals surface area (Å²) in [6.07, 6.45) is 1.46. The van der Waals surface area contributed by atoms with E-state index < -0.39 is 5.38 Å². The molecule has 0 saturated heterocycles. The van der Waals surface area contributed by atoms with Crippen LogP contribution >= 0.6 is 11.6 Å². The third kappa shape index (κ3) is 2.91. The molecule has 21 heavy (non-hydrogen) atoms. The van der Waals surface area contributed by atoms with Crippen LogP contribution < -0.4 is 4.73 Å². The molecule has 0 spiro atoms. The van der Waals surface area contributed by atoms with Gasteiger partial charge < -0.3 is 5.21 Å². The average molecular weight is 296 g/mol. The predicted molar refractivity (Wildman–Crippen MR) is 85.0 cm³/mol. The molecule has 0 N–H and O–H groups in total. The van der Waals surface area contributed by atoms with Crippen LogP contribution in [0.5, 0.6) is 0 Å². The van der Waals surface area contributed by atoms with Gasteiger partial charge in [-0.25, -0.2) is 0 Å². The van der Waals surface area contributed by atoms with Crippen LogP contribution in [0.15, 0.2) is 79.0 Å². The minimum absolute atomic E-state index is 0.450. The minimum atomic E-state index is -0.450. The second-order valence-electron chi connectivity index (χ2n) is 4.80. The van der Waals surface area contributed by atoms with Gasteiger partial charge in [0, 0.05) is 12.1 Å². The number of halogens is 1. The van der Waals surface area contributed by atoms with Gasteiger partial charge >= 0.3 is 0 Å². The van der Waals surface area contributed by atoms with Crippen LogP contribution in [0, 0.1) is 5.21 Å². The monoisotopic (exact) mass is 295 g/mol. The van der Waals surface area contributed by atoms with E-state index in [-0.39, 0.29) is 0 Å². The summed E-state index contributed by atoms with van der Waals surface area (Å²) in [7, 11) is 0. The highest BCUT2D eigenvalue weighted by Gasteiger charge is 2.18. The maximum atomic E-state index is 11.8. The Kier molecular flexibility index (Phi) is 3.89. The van der Waals surface area contributed by atoms with E-state index in [0.717, 1.165) is 21.4 Å². The molecule has 1 aromatic heterocycles. The number of benzene rings is 2. The van der Waals surface area contributed by atoms with Crippen LogP contribution in [0.25, 0.3) is 11.1 Å². The van der Waals surface area contributed by atoms with E-state index in [2.05, 4.69) is 12.1 Å². The van der Waals surface area contributed by atoms with E-state index in [1.54, 1.807) is 12.1 Å².